The summed E-state index contributed by atoms with van der Waals surface area (Å²) in [6.07, 6.45) is 6.40. The minimum Gasteiger partial charge on any atom is -0.489 e. The number of benzene rings is 1. The van der Waals surface area contributed by atoms with Gasteiger partial charge in [0.25, 0.3) is 0 Å². The van der Waals surface area contributed by atoms with E-state index in [0.29, 0.717) is 30.9 Å². The van der Waals surface area contributed by atoms with Crippen molar-refractivity contribution in [1.29, 1.82) is 0 Å². The van der Waals surface area contributed by atoms with Crippen molar-refractivity contribution in [3.05, 3.63) is 30.4 Å². The standard InChI is InChI=1S/C20H30N2O4S/c1-5-22(6-2)27(24,25)17-11-12-19(26-15(3)4)18(14-17)21-20(23)13-16-9-7-8-10-16/h7,9,11-12,14-16H,5-6,8,10,13H2,1-4H3,(H,21,23)/t16-/m0/s1. The highest BCUT2D eigenvalue weighted by atomic mass is 32.2. The molecule has 0 bridgehead atoms. The Labute approximate surface area is 162 Å². The van der Waals surface area contributed by atoms with E-state index in [0.717, 1.165) is 12.8 Å². The monoisotopic (exact) mass is 394 g/mol. The maximum absolute atomic E-state index is 12.8. The molecule has 1 N–H and O–H groups in total. The molecule has 0 unspecified atom stereocenters. The summed E-state index contributed by atoms with van der Waals surface area (Å²) in [7, 11) is -3.61. The maximum Gasteiger partial charge on any atom is 0.243 e. The second kappa shape index (κ2) is 9.37. The molecule has 1 aliphatic rings. The van der Waals surface area contributed by atoms with Crippen LogP contribution in [0.3, 0.4) is 0 Å². The zero-order chi connectivity index (χ0) is 20.0. The zero-order valence-electron chi connectivity index (χ0n) is 16.6. The van der Waals surface area contributed by atoms with E-state index in [1.807, 2.05) is 13.8 Å². The van der Waals surface area contributed by atoms with Crippen molar-refractivity contribution >= 4 is 21.6 Å². The van der Waals surface area contributed by atoms with Crippen LogP contribution in [0.4, 0.5) is 5.69 Å². The Balaban J connectivity index is 2.30. The summed E-state index contributed by atoms with van der Waals surface area (Å²) in [5.74, 6) is 0.568. The maximum atomic E-state index is 12.8. The summed E-state index contributed by atoms with van der Waals surface area (Å²) in [4.78, 5) is 12.6. The highest BCUT2D eigenvalue weighted by molar-refractivity contribution is 7.89. The Morgan fingerprint density at radius 3 is 2.56 bits per heavy atom. The van der Waals surface area contributed by atoms with Gasteiger partial charge in [-0.05, 0) is 50.8 Å². The molecule has 150 valence electrons. The second-order valence-corrected chi connectivity index (χ2v) is 8.87. The number of amides is 1. The van der Waals surface area contributed by atoms with Crippen molar-refractivity contribution in [2.75, 3.05) is 18.4 Å². The average molecular weight is 395 g/mol. The first-order chi connectivity index (χ1) is 12.8. The lowest BCUT2D eigenvalue weighted by molar-refractivity contribution is -0.116. The summed E-state index contributed by atoms with van der Waals surface area (Å²) in [6.45, 7) is 8.15. The Morgan fingerprint density at radius 1 is 1.30 bits per heavy atom. The molecule has 0 radical (unpaired) electrons. The normalized spacial score (nSPS) is 16.9. The topological polar surface area (TPSA) is 75.7 Å². The molecule has 0 spiro atoms. The van der Waals surface area contributed by atoms with Gasteiger partial charge in [0.2, 0.25) is 15.9 Å². The van der Waals surface area contributed by atoms with Crippen molar-refractivity contribution in [2.45, 2.75) is 58.0 Å². The molecule has 7 heteroatoms. The lowest BCUT2D eigenvalue weighted by atomic mass is 10.1. The number of hydrogen-bond acceptors (Lipinski definition) is 4. The van der Waals surface area contributed by atoms with Gasteiger partial charge in [-0.2, -0.15) is 4.31 Å². The predicted molar refractivity (Wildman–Crippen MR) is 107 cm³/mol. The fraction of sp³-hybridized carbons (Fsp3) is 0.550. The van der Waals surface area contributed by atoms with Crippen LogP contribution >= 0.6 is 0 Å². The number of allylic oxidation sites excluding steroid dienone is 2. The fourth-order valence-electron chi connectivity index (χ4n) is 3.14. The van der Waals surface area contributed by atoms with Crippen LogP contribution in [0.1, 0.15) is 47.0 Å². The van der Waals surface area contributed by atoms with Crippen molar-refractivity contribution in [3.8, 4) is 5.75 Å². The number of carbonyl (C=O) groups is 1. The van der Waals surface area contributed by atoms with Crippen LogP contribution in [0.15, 0.2) is 35.2 Å². The van der Waals surface area contributed by atoms with E-state index in [2.05, 4.69) is 17.5 Å². The molecule has 0 saturated heterocycles. The van der Waals surface area contributed by atoms with Gasteiger partial charge in [0.15, 0.2) is 0 Å². The van der Waals surface area contributed by atoms with Crippen molar-refractivity contribution in [1.82, 2.24) is 4.31 Å². The number of carbonyl (C=O) groups excluding carboxylic acids is 1. The van der Waals surface area contributed by atoms with Crippen LogP contribution in [0.2, 0.25) is 0 Å². The Bertz CT molecular complexity index is 783. The summed E-state index contributed by atoms with van der Waals surface area (Å²) >= 11 is 0. The molecular weight excluding hydrogens is 364 g/mol. The first kappa shape index (κ1) is 21.4. The first-order valence-corrected chi connectivity index (χ1v) is 11.0. The quantitative estimate of drug-likeness (QED) is 0.647. The third-order valence-electron chi connectivity index (χ3n) is 4.49. The molecule has 1 amide bonds. The number of nitrogens with one attached hydrogen (secondary N) is 1. The van der Waals surface area contributed by atoms with Crippen LogP contribution in [-0.2, 0) is 14.8 Å². The fourth-order valence-corrected chi connectivity index (χ4v) is 4.63. The SMILES string of the molecule is CCN(CC)S(=O)(=O)c1ccc(OC(C)C)c(NC(=O)C[C@H]2C=CCC2)c1. The molecule has 1 aromatic rings. The zero-order valence-corrected chi connectivity index (χ0v) is 17.4. The van der Waals surface area contributed by atoms with E-state index in [-0.39, 0.29) is 22.8 Å². The minimum atomic E-state index is -3.61. The molecule has 6 nitrogen and oxygen atoms in total. The molecular formula is C20H30N2O4S. The van der Waals surface area contributed by atoms with Crippen LogP contribution in [-0.4, -0.2) is 37.8 Å². The molecule has 0 aromatic heterocycles. The molecule has 1 aromatic carbocycles. The lowest BCUT2D eigenvalue weighted by Crippen LogP contribution is -2.30. The van der Waals surface area contributed by atoms with E-state index in [1.165, 1.54) is 16.4 Å². The third kappa shape index (κ3) is 5.56. The molecule has 2 rings (SSSR count). The van der Waals surface area contributed by atoms with E-state index in [4.69, 9.17) is 4.74 Å². The Morgan fingerprint density at radius 2 is 2.00 bits per heavy atom. The van der Waals surface area contributed by atoms with Crippen molar-refractivity contribution < 1.29 is 17.9 Å². The van der Waals surface area contributed by atoms with Gasteiger partial charge in [0, 0.05) is 19.5 Å². The van der Waals surface area contributed by atoms with Gasteiger partial charge in [-0.25, -0.2) is 8.42 Å². The second-order valence-electron chi connectivity index (χ2n) is 6.93. The van der Waals surface area contributed by atoms with E-state index < -0.39 is 10.0 Å². The molecule has 0 fully saturated rings. The third-order valence-corrected chi connectivity index (χ3v) is 6.54. The highest BCUT2D eigenvalue weighted by Crippen LogP contribution is 2.31. The molecule has 0 saturated carbocycles. The first-order valence-electron chi connectivity index (χ1n) is 9.55. The largest absolute Gasteiger partial charge is 0.489 e. The number of anilines is 1. The van der Waals surface area contributed by atoms with Crippen molar-refractivity contribution in [3.63, 3.8) is 0 Å². The minimum absolute atomic E-state index is 0.0938. The van der Waals surface area contributed by atoms with Gasteiger partial charge in [-0.3, -0.25) is 4.79 Å². The molecule has 0 heterocycles. The number of rotatable bonds is 9. The van der Waals surface area contributed by atoms with Gasteiger partial charge in [0.05, 0.1) is 16.7 Å². The summed E-state index contributed by atoms with van der Waals surface area (Å²) in [5.41, 5.74) is 0.393. The Kier molecular flexibility index (Phi) is 7.44. The van der Waals surface area contributed by atoms with E-state index in [9.17, 15) is 13.2 Å². The number of hydrogen-bond donors (Lipinski definition) is 1. The molecule has 1 atom stereocenters. The van der Waals surface area contributed by atoms with Gasteiger partial charge >= 0.3 is 0 Å². The summed E-state index contributed by atoms with van der Waals surface area (Å²) < 4.78 is 32.8. The van der Waals surface area contributed by atoms with Gasteiger partial charge in [-0.15, -0.1) is 0 Å². The smallest absolute Gasteiger partial charge is 0.243 e. The number of ether oxygens (including phenoxy) is 1. The van der Waals surface area contributed by atoms with E-state index >= 15 is 0 Å². The molecule has 27 heavy (non-hydrogen) atoms. The number of sulfonamides is 1. The lowest BCUT2D eigenvalue weighted by Gasteiger charge is -2.21. The number of nitrogens with zero attached hydrogens (tertiary/aromatic N) is 1. The van der Waals surface area contributed by atoms with Crippen LogP contribution in [0.5, 0.6) is 5.75 Å². The van der Waals surface area contributed by atoms with Gasteiger partial charge in [0.1, 0.15) is 5.75 Å². The van der Waals surface area contributed by atoms with Crippen molar-refractivity contribution in [2.24, 2.45) is 5.92 Å². The van der Waals surface area contributed by atoms with E-state index in [1.54, 1.807) is 19.9 Å². The van der Waals surface area contributed by atoms with Gasteiger partial charge in [-0.1, -0.05) is 26.0 Å². The Hall–Kier alpha value is -1.86. The van der Waals surface area contributed by atoms with Crippen LogP contribution < -0.4 is 10.1 Å². The van der Waals surface area contributed by atoms with Crippen LogP contribution in [0.25, 0.3) is 0 Å². The average Bonchev–Trinajstić information content (AvgIpc) is 3.09. The molecule has 1 aliphatic carbocycles. The van der Waals surface area contributed by atoms with Crippen LogP contribution in [0, 0.1) is 5.92 Å². The van der Waals surface area contributed by atoms with Gasteiger partial charge < -0.3 is 10.1 Å². The predicted octanol–water partition coefficient (Wildman–Crippen LogP) is 3.80. The highest BCUT2D eigenvalue weighted by Gasteiger charge is 2.24. The summed E-state index contributed by atoms with van der Waals surface area (Å²) in [5, 5.41) is 2.85. The molecule has 0 aliphatic heterocycles. The summed E-state index contributed by atoms with van der Waals surface area (Å²) in [6, 6.07) is 4.63.